The van der Waals surface area contributed by atoms with Gasteiger partial charge in [0.25, 0.3) is 0 Å². The molecule has 1 aromatic heterocycles. The molecule has 1 aromatic rings. The lowest BCUT2D eigenvalue weighted by Crippen LogP contribution is -2.29. The number of amides is 1. The van der Waals surface area contributed by atoms with E-state index in [4.69, 9.17) is 5.90 Å². The Labute approximate surface area is 76.1 Å². The van der Waals surface area contributed by atoms with E-state index in [-0.39, 0.29) is 0 Å². The fourth-order valence-corrected chi connectivity index (χ4v) is 0.889. The van der Waals surface area contributed by atoms with Gasteiger partial charge in [-0.3, -0.25) is 4.98 Å². The third kappa shape index (κ3) is 2.72. The zero-order chi connectivity index (χ0) is 9.68. The Morgan fingerprint density at radius 3 is 3.00 bits per heavy atom. The van der Waals surface area contributed by atoms with Crippen molar-refractivity contribution in [3.05, 3.63) is 30.1 Å². The molecule has 0 aliphatic carbocycles. The van der Waals surface area contributed by atoms with E-state index >= 15 is 0 Å². The molecule has 0 aliphatic rings. The van der Waals surface area contributed by atoms with Gasteiger partial charge in [-0.2, -0.15) is 5.90 Å². The number of pyridine rings is 1. The summed E-state index contributed by atoms with van der Waals surface area (Å²) in [6.07, 6.45) is 1.09. The van der Waals surface area contributed by atoms with Crippen molar-refractivity contribution >= 4 is 6.09 Å². The van der Waals surface area contributed by atoms with Crippen LogP contribution >= 0.6 is 0 Å². The summed E-state index contributed by atoms with van der Waals surface area (Å²) in [7, 11) is 1.59. The topological polar surface area (TPSA) is 68.5 Å². The maximum atomic E-state index is 10.9. The molecular formula is C8H11N3O2. The first-order chi connectivity index (χ1) is 6.24. The van der Waals surface area contributed by atoms with Crippen molar-refractivity contribution in [1.29, 1.82) is 0 Å². The van der Waals surface area contributed by atoms with Crippen molar-refractivity contribution < 1.29 is 9.63 Å². The molecule has 2 N–H and O–H groups in total. The fraction of sp³-hybridized carbons (Fsp3) is 0.250. The molecule has 70 valence electrons. The fourth-order valence-electron chi connectivity index (χ4n) is 0.889. The molecular weight excluding hydrogens is 170 g/mol. The molecule has 0 aromatic carbocycles. The zero-order valence-corrected chi connectivity index (χ0v) is 7.30. The van der Waals surface area contributed by atoms with Crippen LogP contribution in [0.15, 0.2) is 24.4 Å². The maximum absolute atomic E-state index is 10.9. The van der Waals surface area contributed by atoms with Gasteiger partial charge in [0.15, 0.2) is 0 Å². The molecule has 0 fully saturated rings. The van der Waals surface area contributed by atoms with Gasteiger partial charge >= 0.3 is 6.09 Å². The first-order valence-corrected chi connectivity index (χ1v) is 3.76. The third-order valence-electron chi connectivity index (χ3n) is 1.54. The molecule has 5 nitrogen and oxygen atoms in total. The molecule has 0 unspecified atom stereocenters. The molecule has 0 saturated carbocycles. The minimum atomic E-state index is -0.578. The third-order valence-corrected chi connectivity index (χ3v) is 1.54. The molecule has 1 heterocycles. The number of rotatable bonds is 2. The smallest absolute Gasteiger partial charge is 0.357 e. The molecule has 0 aliphatic heterocycles. The van der Waals surface area contributed by atoms with E-state index in [0.29, 0.717) is 6.54 Å². The van der Waals surface area contributed by atoms with Gasteiger partial charge in [0.05, 0.1) is 12.2 Å². The summed E-state index contributed by atoms with van der Waals surface area (Å²) in [5.74, 6) is 4.71. The summed E-state index contributed by atoms with van der Waals surface area (Å²) in [5.41, 5.74) is 0.787. The minimum absolute atomic E-state index is 0.386. The van der Waals surface area contributed by atoms with Crippen molar-refractivity contribution in [1.82, 2.24) is 9.88 Å². The highest BCUT2D eigenvalue weighted by molar-refractivity contribution is 5.66. The van der Waals surface area contributed by atoms with Gasteiger partial charge in [0.1, 0.15) is 0 Å². The van der Waals surface area contributed by atoms with Gasteiger partial charge in [0.2, 0.25) is 0 Å². The molecule has 0 atom stereocenters. The zero-order valence-electron chi connectivity index (χ0n) is 7.30. The first-order valence-electron chi connectivity index (χ1n) is 3.76. The Morgan fingerprint density at radius 2 is 2.46 bits per heavy atom. The van der Waals surface area contributed by atoms with E-state index in [0.717, 1.165) is 5.69 Å². The van der Waals surface area contributed by atoms with Crippen LogP contribution in [0.3, 0.4) is 0 Å². The summed E-state index contributed by atoms with van der Waals surface area (Å²) < 4.78 is 0. The first kappa shape index (κ1) is 9.47. The van der Waals surface area contributed by atoms with Crippen LogP contribution < -0.4 is 5.90 Å². The van der Waals surface area contributed by atoms with Gasteiger partial charge in [-0.1, -0.05) is 6.07 Å². The second-order valence-electron chi connectivity index (χ2n) is 2.56. The Bertz CT molecular complexity index is 276. The Hall–Kier alpha value is -1.62. The number of aromatic nitrogens is 1. The quantitative estimate of drug-likeness (QED) is 0.675. The molecule has 13 heavy (non-hydrogen) atoms. The van der Waals surface area contributed by atoms with E-state index in [2.05, 4.69) is 9.82 Å². The molecule has 5 heteroatoms. The Balaban J connectivity index is 2.55. The highest BCUT2D eigenvalue weighted by Gasteiger charge is 2.08. The normalized spacial score (nSPS) is 9.38. The lowest BCUT2D eigenvalue weighted by atomic mass is 10.3. The van der Waals surface area contributed by atoms with E-state index in [9.17, 15) is 4.79 Å². The number of hydrogen-bond acceptors (Lipinski definition) is 4. The summed E-state index contributed by atoms with van der Waals surface area (Å²) >= 11 is 0. The SMILES string of the molecule is CN(Cc1ccccn1)C(=O)ON. The van der Waals surface area contributed by atoms with Crippen molar-refractivity contribution in [2.75, 3.05) is 7.05 Å². The summed E-state index contributed by atoms with van der Waals surface area (Å²) in [6.45, 7) is 0.386. The van der Waals surface area contributed by atoms with Crippen LogP contribution in [0, 0.1) is 0 Å². The highest BCUT2D eigenvalue weighted by atomic mass is 16.7. The average molecular weight is 181 g/mol. The van der Waals surface area contributed by atoms with Crippen LogP contribution in [0.2, 0.25) is 0 Å². The van der Waals surface area contributed by atoms with Crippen molar-refractivity contribution in [2.45, 2.75) is 6.54 Å². The van der Waals surface area contributed by atoms with Crippen LogP contribution in [-0.4, -0.2) is 23.0 Å². The van der Waals surface area contributed by atoms with Gasteiger partial charge in [0, 0.05) is 13.2 Å². The Kier molecular flexibility index (Phi) is 3.22. The van der Waals surface area contributed by atoms with Gasteiger partial charge in [-0.05, 0) is 12.1 Å². The van der Waals surface area contributed by atoms with Crippen LogP contribution in [0.1, 0.15) is 5.69 Å². The largest absolute Gasteiger partial charge is 0.428 e. The van der Waals surface area contributed by atoms with Crippen LogP contribution in [0.25, 0.3) is 0 Å². The second kappa shape index (κ2) is 4.42. The van der Waals surface area contributed by atoms with Crippen LogP contribution in [-0.2, 0) is 11.4 Å². The predicted molar refractivity (Wildman–Crippen MR) is 46.4 cm³/mol. The van der Waals surface area contributed by atoms with Crippen molar-refractivity contribution in [3.8, 4) is 0 Å². The molecule has 1 amide bonds. The number of nitrogens with two attached hydrogens (primary N) is 1. The van der Waals surface area contributed by atoms with Crippen molar-refractivity contribution in [3.63, 3.8) is 0 Å². The predicted octanol–water partition coefficient (Wildman–Crippen LogP) is 0.524. The van der Waals surface area contributed by atoms with Gasteiger partial charge in [-0.25, -0.2) is 4.79 Å². The molecule has 1 rings (SSSR count). The number of nitrogens with zero attached hydrogens (tertiary/aromatic N) is 2. The lowest BCUT2D eigenvalue weighted by Gasteiger charge is -2.13. The standard InChI is InChI=1S/C8H11N3O2/c1-11(8(12)13-9)6-7-4-2-3-5-10-7/h2-5H,6,9H2,1H3. The van der Waals surface area contributed by atoms with Crippen molar-refractivity contribution in [2.24, 2.45) is 5.90 Å². The van der Waals surface area contributed by atoms with Crippen LogP contribution in [0.4, 0.5) is 4.79 Å². The number of carbonyl (C=O) groups is 1. The lowest BCUT2D eigenvalue weighted by molar-refractivity contribution is 0.109. The number of carbonyl (C=O) groups excluding carboxylic acids is 1. The Morgan fingerprint density at radius 1 is 1.69 bits per heavy atom. The summed E-state index contributed by atoms with van der Waals surface area (Å²) in [4.78, 5) is 20.3. The van der Waals surface area contributed by atoms with E-state index in [1.165, 1.54) is 4.90 Å². The molecule has 0 spiro atoms. The molecule has 0 saturated heterocycles. The maximum Gasteiger partial charge on any atom is 0.428 e. The van der Waals surface area contributed by atoms with Crippen LogP contribution in [0.5, 0.6) is 0 Å². The monoisotopic (exact) mass is 181 g/mol. The molecule has 0 radical (unpaired) electrons. The van der Waals surface area contributed by atoms with Gasteiger partial charge < -0.3 is 9.74 Å². The number of hydrogen-bond donors (Lipinski definition) is 1. The van der Waals surface area contributed by atoms with E-state index in [1.807, 2.05) is 18.2 Å². The van der Waals surface area contributed by atoms with E-state index in [1.54, 1.807) is 13.2 Å². The summed E-state index contributed by atoms with van der Waals surface area (Å²) in [5, 5.41) is 0. The second-order valence-corrected chi connectivity index (χ2v) is 2.56. The van der Waals surface area contributed by atoms with Gasteiger partial charge in [-0.15, -0.1) is 0 Å². The highest BCUT2D eigenvalue weighted by Crippen LogP contribution is 1.99. The van der Waals surface area contributed by atoms with E-state index < -0.39 is 6.09 Å². The minimum Gasteiger partial charge on any atom is -0.357 e. The average Bonchev–Trinajstić information content (AvgIpc) is 2.18. The molecule has 0 bridgehead atoms. The summed E-state index contributed by atoms with van der Waals surface area (Å²) in [6, 6.07) is 5.48.